The monoisotopic (exact) mass is 237 g/mol. The second kappa shape index (κ2) is 5.58. The molecule has 72 valence electrons. The van der Waals surface area contributed by atoms with Crippen LogP contribution >= 0.6 is 34.8 Å². The van der Waals surface area contributed by atoms with Gasteiger partial charge < -0.3 is 5.32 Å². The Morgan fingerprint density at radius 3 is 2.62 bits per heavy atom. The zero-order valence-electron chi connectivity index (χ0n) is 6.99. The molecule has 0 aliphatic rings. The number of rotatable bonds is 4. The second-order valence-electron chi connectivity index (χ2n) is 2.59. The molecular formula is C9H10Cl3N. The third-order valence-electron chi connectivity index (χ3n) is 1.56. The Bertz CT molecular complexity index is 276. The van der Waals surface area contributed by atoms with Crippen LogP contribution in [0, 0.1) is 0 Å². The fraction of sp³-hybridized carbons (Fsp3) is 0.333. The maximum Gasteiger partial charge on any atom is 0.0652 e. The summed E-state index contributed by atoms with van der Waals surface area (Å²) in [7, 11) is 0. The molecule has 1 aromatic rings. The summed E-state index contributed by atoms with van der Waals surface area (Å²) in [6, 6.07) is 5.38. The number of nitrogens with one attached hydrogen (secondary N) is 1. The summed E-state index contributed by atoms with van der Waals surface area (Å²) < 4.78 is 0. The minimum absolute atomic E-state index is 0.641. The van der Waals surface area contributed by atoms with Crippen molar-refractivity contribution in [2.24, 2.45) is 0 Å². The van der Waals surface area contributed by atoms with E-state index in [4.69, 9.17) is 34.8 Å². The van der Waals surface area contributed by atoms with Crippen molar-refractivity contribution in [1.82, 2.24) is 0 Å². The van der Waals surface area contributed by atoms with E-state index >= 15 is 0 Å². The molecule has 0 aromatic heterocycles. The summed E-state index contributed by atoms with van der Waals surface area (Å²) in [6.45, 7) is 0.824. The zero-order valence-corrected chi connectivity index (χ0v) is 9.26. The average Bonchev–Trinajstić information content (AvgIpc) is 2.09. The minimum Gasteiger partial charge on any atom is -0.384 e. The third-order valence-corrected chi connectivity index (χ3v) is 2.37. The fourth-order valence-electron chi connectivity index (χ4n) is 0.923. The van der Waals surface area contributed by atoms with Gasteiger partial charge in [0.25, 0.3) is 0 Å². The van der Waals surface area contributed by atoms with Crippen molar-refractivity contribution in [1.29, 1.82) is 0 Å². The molecule has 4 heteroatoms. The van der Waals surface area contributed by atoms with Gasteiger partial charge in [0.05, 0.1) is 10.7 Å². The fourth-order valence-corrected chi connectivity index (χ4v) is 1.53. The second-order valence-corrected chi connectivity index (χ2v) is 3.82. The summed E-state index contributed by atoms with van der Waals surface area (Å²) in [4.78, 5) is 0. The van der Waals surface area contributed by atoms with Gasteiger partial charge in [-0.1, -0.05) is 23.2 Å². The first kappa shape index (κ1) is 11.0. The van der Waals surface area contributed by atoms with Gasteiger partial charge in [-0.15, -0.1) is 11.6 Å². The summed E-state index contributed by atoms with van der Waals surface area (Å²) in [6.07, 6.45) is 0.917. The molecule has 0 aliphatic heterocycles. The normalized spacial score (nSPS) is 10.1. The highest BCUT2D eigenvalue weighted by Crippen LogP contribution is 2.25. The zero-order chi connectivity index (χ0) is 9.68. The van der Waals surface area contributed by atoms with E-state index in [1.165, 1.54) is 0 Å². The molecule has 13 heavy (non-hydrogen) atoms. The minimum atomic E-state index is 0.641. The van der Waals surface area contributed by atoms with Crippen LogP contribution in [0.4, 0.5) is 5.69 Å². The summed E-state index contributed by atoms with van der Waals surface area (Å²) in [5.41, 5.74) is 0.899. The van der Waals surface area contributed by atoms with E-state index < -0.39 is 0 Å². The number of benzene rings is 1. The van der Waals surface area contributed by atoms with Crippen molar-refractivity contribution >= 4 is 40.5 Å². The highest BCUT2D eigenvalue weighted by Gasteiger charge is 1.99. The maximum atomic E-state index is 5.93. The van der Waals surface area contributed by atoms with Gasteiger partial charge in [0.15, 0.2) is 0 Å². The Morgan fingerprint density at radius 2 is 2.00 bits per heavy atom. The van der Waals surface area contributed by atoms with Gasteiger partial charge in [-0.2, -0.15) is 0 Å². The number of hydrogen-bond donors (Lipinski definition) is 1. The molecule has 0 fully saturated rings. The first-order valence-electron chi connectivity index (χ1n) is 3.99. The highest BCUT2D eigenvalue weighted by molar-refractivity contribution is 6.36. The standard InChI is InChI=1S/C9H10Cl3N/c10-4-1-5-13-9-3-2-7(11)6-8(9)12/h2-3,6,13H,1,4-5H2. The molecule has 0 atom stereocenters. The average molecular weight is 239 g/mol. The van der Waals surface area contributed by atoms with Gasteiger partial charge in [0.2, 0.25) is 0 Å². The summed E-state index contributed by atoms with van der Waals surface area (Å²) >= 11 is 17.2. The van der Waals surface area contributed by atoms with Gasteiger partial charge >= 0.3 is 0 Å². The number of hydrogen-bond acceptors (Lipinski definition) is 1. The van der Waals surface area contributed by atoms with Gasteiger partial charge in [0, 0.05) is 17.4 Å². The first-order valence-corrected chi connectivity index (χ1v) is 5.28. The van der Waals surface area contributed by atoms with Crippen LogP contribution in [0.15, 0.2) is 18.2 Å². The van der Waals surface area contributed by atoms with Gasteiger partial charge in [-0.3, -0.25) is 0 Å². The summed E-state index contributed by atoms with van der Waals surface area (Å²) in [5.74, 6) is 0.651. The molecule has 1 rings (SSSR count). The van der Waals surface area contributed by atoms with Crippen LogP contribution < -0.4 is 5.32 Å². The summed E-state index contributed by atoms with van der Waals surface area (Å²) in [5, 5.41) is 4.45. The molecule has 1 N–H and O–H groups in total. The number of halogens is 3. The van der Waals surface area contributed by atoms with Gasteiger partial charge in [-0.05, 0) is 24.6 Å². The van der Waals surface area contributed by atoms with E-state index in [9.17, 15) is 0 Å². The van der Waals surface area contributed by atoms with Crippen molar-refractivity contribution < 1.29 is 0 Å². The van der Waals surface area contributed by atoms with Crippen molar-refractivity contribution in [3.63, 3.8) is 0 Å². The Kier molecular flexibility index (Phi) is 4.71. The van der Waals surface area contributed by atoms with E-state index in [0.717, 1.165) is 18.7 Å². The molecule has 0 radical (unpaired) electrons. The van der Waals surface area contributed by atoms with E-state index in [-0.39, 0.29) is 0 Å². The van der Waals surface area contributed by atoms with E-state index in [0.29, 0.717) is 15.9 Å². The van der Waals surface area contributed by atoms with Crippen LogP contribution in [-0.4, -0.2) is 12.4 Å². The molecule has 0 aliphatic carbocycles. The third kappa shape index (κ3) is 3.63. The van der Waals surface area contributed by atoms with Gasteiger partial charge in [0.1, 0.15) is 0 Å². The molecule has 1 nitrogen and oxygen atoms in total. The lowest BCUT2D eigenvalue weighted by molar-refractivity contribution is 0.987. The predicted octanol–water partition coefficient (Wildman–Crippen LogP) is 4.03. The van der Waals surface area contributed by atoms with Crippen molar-refractivity contribution in [2.75, 3.05) is 17.7 Å². The Hall–Kier alpha value is -0.110. The van der Waals surface area contributed by atoms with E-state index in [1.54, 1.807) is 12.1 Å². The molecule has 0 unspecified atom stereocenters. The molecule has 0 heterocycles. The predicted molar refractivity (Wildman–Crippen MR) is 60.3 cm³/mol. The Labute approximate surface area is 93.0 Å². The van der Waals surface area contributed by atoms with E-state index in [1.807, 2.05) is 6.07 Å². The molecule has 0 amide bonds. The van der Waals surface area contributed by atoms with Crippen LogP contribution in [0.5, 0.6) is 0 Å². The molecule has 0 spiro atoms. The lowest BCUT2D eigenvalue weighted by Gasteiger charge is -2.06. The van der Waals surface area contributed by atoms with Crippen LogP contribution in [0.1, 0.15) is 6.42 Å². The van der Waals surface area contributed by atoms with Crippen LogP contribution in [0.25, 0.3) is 0 Å². The lowest BCUT2D eigenvalue weighted by atomic mass is 10.3. The SMILES string of the molecule is ClCCCNc1ccc(Cl)cc1Cl. The van der Waals surface area contributed by atoms with E-state index in [2.05, 4.69) is 5.32 Å². The molecule has 1 aromatic carbocycles. The lowest BCUT2D eigenvalue weighted by Crippen LogP contribution is -2.02. The Morgan fingerprint density at radius 1 is 1.23 bits per heavy atom. The number of anilines is 1. The number of alkyl halides is 1. The Balaban J connectivity index is 2.56. The largest absolute Gasteiger partial charge is 0.384 e. The quantitative estimate of drug-likeness (QED) is 0.617. The van der Waals surface area contributed by atoms with Gasteiger partial charge in [-0.25, -0.2) is 0 Å². The molecule has 0 saturated carbocycles. The van der Waals surface area contributed by atoms with Crippen molar-refractivity contribution in [3.05, 3.63) is 28.2 Å². The van der Waals surface area contributed by atoms with Crippen LogP contribution in [0.3, 0.4) is 0 Å². The topological polar surface area (TPSA) is 12.0 Å². The van der Waals surface area contributed by atoms with Crippen molar-refractivity contribution in [3.8, 4) is 0 Å². The van der Waals surface area contributed by atoms with Crippen LogP contribution in [-0.2, 0) is 0 Å². The molecular weight excluding hydrogens is 228 g/mol. The van der Waals surface area contributed by atoms with Crippen molar-refractivity contribution in [2.45, 2.75) is 6.42 Å². The molecule has 0 bridgehead atoms. The maximum absolute atomic E-state index is 5.93. The first-order chi connectivity index (χ1) is 6.24. The molecule has 0 saturated heterocycles. The van der Waals surface area contributed by atoms with Crippen LogP contribution in [0.2, 0.25) is 10.0 Å². The smallest absolute Gasteiger partial charge is 0.0652 e. The highest BCUT2D eigenvalue weighted by atomic mass is 35.5.